The molecule has 3 aliphatic rings. The van der Waals surface area contributed by atoms with Crippen molar-refractivity contribution >= 4 is 5.78 Å². The van der Waals surface area contributed by atoms with Gasteiger partial charge in [-0.25, -0.2) is 0 Å². The van der Waals surface area contributed by atoms with Crippen molar-refractivity contribution < 1.29 is 35.4 Å². The zero-order valence-corrected chi connectivity index (χ0v) is 21.2. The quantitative estimate of drug-likeness (QED) is 0.289. The maximum absolute atomic E-state index is 14.0. The van der Waals surface area contributed by atoms with Gasteiger partial charge in [-0.05, 0) is 67.6 Å². The SMILES string of the molecule is CC(C)CC=CC(C)C1CCC(C2CC(O)C3C(O)C(O)C(O)CC3(CO)C2=O)C1(C)CCO. The standard InChI is InChI=1S/C27H46O7/c1-15(2)6-5-7-16(3)18-8-9-19(26(18,4)10-11-28)17-12-20(30)22-24(33)23(32)21(31)13-27(22,14-29)25(17)34/h5,7,15-24,28-33H,6,8-14H2,1-4H3. The van der Waals surface area contributed by atoms with E-state index in [1.807, 2.05) is 0 Å². The van der Waals surface area contributed by atoms with Crippen LogP contribution in [0.4, 0.5) is 0 Å². The highest BCUT2D eigenvalue weighted by Crippen LogP contribution is 2.60. The van der Waals surface area contributed by atoms with E-state index in [0.29, 0.717) is 12.3 Å². The molecule has 3 fully saturated rings. The van der Waals surface area contributed by atoms with Crippen LogP contribution in [0.15, 0.2) is 12.2 Å². The zero-order valence-electron chi connectivity index (χ0n) is 21.2. The average Bonchev–Trinajstić information content (AvgIpc) is 3.10. The molecule has 6 N–H and O–H groups in total. The predicted molar refractivity (Wildman–Crippen MR) is 129 cm³/mol. The van der Waals surface area contributed by atoms with Crippen molar-refractivity contribution in [3.05, 3.63) is 12.2 Å². The Balaban J connectivity index is 1.92. The highest BCUT2D eigenvalue weighted by molar-refractivity contribution is 5.89. The van der Waals surface area contributed by atoms with Crippen LogP contribution < -0.4 is 0 Å². The zero-order chi connectivity index (χ0) is 25.4. The third-order valence-electron chi connectivity index (χ3n) is 9.64. The lowest BCUT2D eigenvalue weighted by Gasteiger charge is -2.56. The molecule has 7 nitrogen and oxygen atoms in total. The van der Waals surface area contributed by atoms with Crippen molar-refractivity contribution in [1.82, 2.24) is 0 Å². The summed E-state index contributed by atoms with van der Waals surface area (Å²) in [6.45, 7) is 8.11. The smallest absolute Gasteiger partial charge is 0.145 e. The number of aliphatic hydroxyl groups excluding tert-OH is 6. The molecule has 0 aromatic rings. The molecule has 11 atom stereocenters. The lowest BCUT2D eigenvalue weighted by molar-refractivity contribution is -0.216. The van der Waals surface area contributed by atoms with Gasteiger partial charge >= 0.3 is 0 Å². The number of ketones is 1. The van der Waals surface area contributed by atoms with E-state index >= 15 is 0 Å². The van der Waals surface area contributed by atoms with Crippen molar-refractivity contribution in [2.45, 2.75) is 90.6 Å². The topological polar surface area (TPSA) is 138 Å². The maximum Gasteiger partial charge on any atom is 0.145 e. The largest absolute Gasteiger partial charge is 0.396 e. The number of aliphatic hydroxyl groups is 6. The highest BCUT2D eigenvalue weighted by Gasteiger charge is 2.65. The lowest BCUT2D eigenvalue weighted by Crippen LogP contribution is -2.67. The number of fused-ring (bicyclic) bond motifs is 1. The van der Waals surface area contributed by atoms with Crippen molar-refractivity contribution in [3.63, 3.8) is 0 Å². The molecule has 11 unspecified atom stereocenters. The van der Waals surface area contributed by atoms with Crippen LogP contribution in [-0.2, 0) is 4.79 Å². The monoisotopic (exact) mass is 482 g/mol. The molecular formula is C27H46O7. The summed E-state index contributed by atoms with van der Waals surface area (Å²) in [4.78, 5) is 14.0. The first-order valence-corrected chi connectivity index (χ1v) is 13.1. The van der Waals surface area contributed by atoms with Crippen LogP contribution in [0.3, 0.4) is 0 Å². The van der Waals surface area contributed by atoms with Gasteiger partial charge in [-0.3, -0.25) is 4.79 Å². The molecule has 0 saturated heterocycles. The summed E-state index contributed by atoms with van der Waals surface area (Å²) in [6.07, 6.45) is 2.32. The number of hydrogen-bond acceptors (Lipinski definition) is 7. The molecule has 0 amide bonds. The van der Waals surface area contributed by atoms with E-state index < -0.39 is 48.3 Å². The van der Waals surface area contributed by atoms with E-state index in [0.717, 1.165) is 19.3 Å². The van der Waals surface area contributed by atoms with Gasteiger partial charge in [-0.1, -0.05) is 39.8 Å². The van der Waals surface area contributed by atoms with E-state index in [-0.39, 0.29) is 48.4 Å². The van der Waals surface area contributed by atoms with E-state index in [4.69, 9.17) is 0 Å². The second kappa shape index (κ2) is 10.7. The summed E-state index contributed by atoms with van der Waals surface area (Å²) < 4.78 is 0. The minimum atomic E-state index is -1.48. The Morgan fingerprint density at radius 2 is 1.71 bits per heavy atom. The number of hydrogen-bond donors (Lipinski definition) is 6. The molecule has 0 aliphatic heterocycles. The van der Waals surface area contributed by atoms with Gasteiger partial charge in [0.15, 0.2) is 0 Å². The van der Waals surface area contributed by atoms with Gasteiger partial charge in [0.25, 0.3) is 0 Å². The fourth-order valence-electron chi connectivity index (χ4n) is 7.86. The Labute approximate surface area is 203 Å². The third-order valence-corrected chi connectivity index (χ3v) is 9.64. The molecule has 0 aromatic heterocycles. The Morgan fingerprint density at radius 3 is 2.29 bits per heavy atom. The Kier molecular flexibility index (Phi) is 8.69. The predicted octanol–water partition coefficient (Wildman–Crippen LogP) is 1.67. The Morgan fingerprint density at radius 1 is 1.03 bits per heavy atom. The van der Waals surface area contributed by atoms with Gasteiger partial charge in [-0.2, -0.15) is 0 Å². The highest BCUT2D eigenvalue weighted by atomic mass is 16.4. The number of carbonyl (C=O) groups excluding carboxylic acids is 1. The molecule has 0 heterocycles. The molecule has 0 bridgehead atoms. The number of rotatable bonds is 8. The average molecular weight is 483 g/mol. The normalized spacial score (nSPS) is 46.3. The molecule has 0 spiro atoms. The van der Waals surface area contributed by atoms with Crippen LogP contribution in [0.25, 0.3) is 0 Å². The molecule has 3 rings (SSSR count). The van der Waals surface area contributed by atoms with Gasteiger partial charge in [0.1, 0.15) is 11.9 Å². The van der Waals surface area contributed by atoms with Gasteiger partial charge in [-0.15, -0.1) is 0 Å². The van der Waals surface area contributed by atoms with Crippen molar-refractivity contribution in [3.8, 4) is 0 Å². The molecule has 196 valence electrons. The summed E-state index contributed by atoms with van der Waals surface area (Å²) in [5.41, 5.74) is -1.81. The summed E-state index contributed by atoms with van der Waals surface area (Å²) in [6, 6.07) is 0. The van der Waals surface area contributed by atoms with Crippen LogP contribution in [0.5, 0.6) is 0 Å². The first-order chi connectivity index (χ1) is 15.9. The molecule has 7 heteroatoms. The summed E-state index contributed by atoms with van der Waals surface area (Å²) >= 11 is 0. The fourth-order valence-corrected chi connectivity index (χ4v) is 7.86. The molecule has 34 heavy (non-hydrogen) atoms. The van der Waals surface area contributed by atoms with E-state index in [1.54, 1.807) is 0 Å². The summed E-state index contributed by atoms with van der Waals surface area (Å²) in [5.74, 6) is -0.749. The van der Waals surface area contributed by atoms with E-state index in [9.17, 15) is 35.4 Å². The van der Waals surface area contributed by atoms with Crippen LogP contribution >= 0.6 is 0 Å². The Bertz CT molecular complexity index is 738. The molecule has 3 aliphatic carbocycles. The van der Waals surface area contributed by atoms with Crippen LogP contribution in [0.1, 0.15) is 66.2 Å². The van der Waals surface area contributed by atoms with E-state index in [2.05, 4.69) is 39.8 Å². The molecule has 3 saturated carbocycles. The maximum atomic E-state index is 14.0. The van der Waals surface area contributed by atoms with Crippen molar-refractivity contribution in [2.24, 2.45) is 46.3 Å². The number of Topliss-reactive ketones (excluding diaryl/α,β-unsaturated/α-hetero) is 1. The van der Waals surface area contributed by atoms with Gasteiger partial charge < -0.3 is 30.6 Å². The van der Waals surface area contributed by atoms with Gasteiger partial charge in [0.05, 0.1) is 30.3 Å². The van der Waals surface area contributed by atoms with Crippen LogP contribution in [0, 0.1) is 46.3 Å². The Hall–Kier alpha value is -0.830. The van der Waals surface area contributed by atoms with E-state index in [1.165, 1.54) is 0 Å². The minimum Gasteiger partial charge on any atom is -0.396 e. The number of carbonyl (C=O) groups is 1. The van der Waals surface area contributed by atoms with Gasteiger partial charge in [0, 0.05) is 18.4 Å². The fraction of sp³-hybridized carbons (Fsp3) is 0.889. The first kappa shape index (κ1) is 27.8. The van der Waals surface area contributed by atoms with Gasteiger partial charge in [0.2, 0.25) is 0 Å². The molecule has 0 radical (unpaired) electrons. The lowest BCUT2D eigenvalue weighted by atomic mass is 9.50. The van der Waals surface area contributed by atoms with Crippen LogP contribution in [-0.4, -0.2) is 74.1 Å². The van der Waals surface area contributed by atoms with Crippen molar-refractivity contribution in [2.75, 3.05) is 13.2 Å². The third kappa shape index (κ3) is 4.64. The summed E-state index contributed by atoms with van der Waals surface area (Å²) in [5, 5.41) is 62.6. The number of allylic oxidation sites excluding steroid dienone is 2. The second-order valence-electron chi connectivity index (χ2n) is 12.1. The van der Waals surface area contributed by atoms with Crippen molar-refractivity contribution in [1.29, 1.82) is 0 Å². The second-order valence-corrected chi connectivity index (χ2v) is 12.1. The minimum absolute atomic E-state index is 0.00673. The molecular weight excluding hydrogens is 436 g/mol. The first-order valence-electron chi connectivity index (χ1n) is 13.1. The summed E-state index contributed by atoms with van der Waals surface area (Å²) in [7, 11) is 0. The van der Waals surface area contributed by atoms with Crippen LogP contribution in [0.2, 0.25) is 0 Å². The molecule has 0 aromatic carbocycles.